The Kier molecular flexibility index (Phi) is 4.36. The maximum absolute atomic E-state index is 11.5. The molecule has 0 saturated heterocycles. The zero-order chi connectivity index (χ0) is 19.5. The minimum Gasteiger partial charge on any atom is -0.478 e. The van der Waals surface area contributed by atoms with E-state index in [9.17, 15) is 15.2 Å². The third-order valence-corrected chi connectivity index (χ3v) is 4.29. The molecule has 28 heavy (non-hydrogen) atoms. The normalized spacial score (nSPS) is 10.4. The van der Waals surface area contributed by atoms with Gasteiger partial charge in [0.1, 0.15) is 11.8 Å². The largest absolute Gasteiger partial charge is 0.478 e. The van der Waals surface area contributed by atoms with Gasteiger partial charge in [0.05, 0.1) is 23.0 Å². The molecule has 0 unspecified atom stereocenters. The van der Waals surface area contributed by atoms with E-state index in [0.717, 1.165) is 5.56 Å². The summed E-state index contributed by atoms with van der Waals surface area (Å²) in [4.78, 5) is 15.5. The lowest BCUT2D eigenvalue weighted by molar-refractivity contribution is 0.0697. The number of aromatic carboxylic acids is 1. The number of hydrogen-bond acceptors (Lipinski definition) is 5. The maximum Gasteiger partial charge on any atom is 0.336 e. The first kappa shape index (κ1) is 17.1. The fourth-order valence-corrected chi connectivity index (χ4v) is 2.93. The van der Waals surface area contributed by atoms with Crippen molar-refractivity contribution in [2.45, 2.75) is 0 Å². The number of rotatable bonds is 4. The molecule has 0 aliphatic heterocycles. The highest BCUT2D eigenvalue weighted by atomic mass is 16.4. The molecular formula is C21H13N5O2. The predicted octanol–water partition coefficient (Wildman–Crippen LogP) is 3.57. The van der Waals surface area contributed by atoms with Crippen LogP contribution in [0.2, 0.25) is 0 Å². The van der Waals surface area contributed by atoms with Crippen molar-refractivity contribution in [3.05, 3.63) is 84.3 Å². The molecule has 7 heteroatoms. The number of carboxylic acid groups (broad SMARTS) is 1. The lowest BCUT2D eigenvalue weighted by atomic mass is 9.99. The summed E-state index contributed by atoms with van der Waals surface area (Å²) in [5.41, 5.74) is 3.68. The Hall–Kier alpha value is -4.31. The number of aromatic nitrogens is 4. The predicted molar refractivity (Wildman–Crippen MR) is 102 cm³/mol. The summed E-state index contributed by atoms with van der Waals surface area (Å²) in [6, 6.07) is 18.3. The van der Waals surface area contributed by atoms with E-state index in [1.807, 2.05) is 30.3 Å². The first-order valence-corrected chi connectivity index (χ1v) is 8.37. The van der Waals surface area contributed by atoms with Crippen molar-refractivity contribution in [1.29, 1.82) is 5.26 Å². The van der Waals surface area contributed by atoms with Crippen molar-refractivity contribution in [3.63, 3.8) is 0 Å². The van der Waals surface area contributed by atoms with Gasteiger partial charge in [-0.2, -0.15) is 5.26 Å². The zero-order valence-corrected chi connectivity index (χ0v) is 14.5. The molecule has 0 aliphatic rings. The molecule has 1 N–H and O–H groups in total. The molecule has 0 spiro atoms. The van der Waals surface area contributed by atoms with Gasteiger partial charge in [-0.3, -0.25) is 4.98 Å². The highest BCUT2D eigenvalue weighted by molar-refractivity contribution is 5.95. The molecule has 0 fully saturated rings. The molecule has 0 bridgehead atoms. The van der Waals surface area contributed by atoms with Gasteiger partial charge in [0.2, 0.25) is 0 Å². The summed E-state index contributed by atoms with van der Waals surface area (Å²) < 4.78 is 1.53. The first-order valence-electron chi connectivity index (χ1n) is 8.37. The molecule has 4 rings (SSSR count). The Morgan fingerprint density at radius 3 is 2.64 bits per heavy atom. The van der Waals surface area contributed by atoms with Gasteiger partial charge < -0.3 is 5.11 Å². The van der Waals surface area contributed by atoms with Crippen LogP contribution < -0.4 is 0 Å². The van der Waals surface area contributed by atoms with Crippen molar-refractivity contribution in [1.82, 2.24) is 20.0 Å². The Bertz CT molecular complexity index is 1210. The van der Waals surface area contributed by atoms with Gasteiger partial charge in [-0.1, -0.05) is 41.6 Å². The van der Waals surface area contributed by atoms with Crippen LogP contribution in [0.4, 0.5) is 0 Å². The van der Waals surface area contributed by atoms with E-state index in [0.29, 0.717) is 28.1 Å². The monoisotopic (exact) mass is 367 g/mol. The molecule has 0 radical (unpaired) electrons. The number of benzene rings is 2. The lowest BCUT2D eigenvalue weighted by Gasteiger charge is -2.08. The van der Waals surface area contributed by atoms with E-state index in [4.69, 9.17) is 0 Å². The smallest absolute Gasteiger partial charge is 0.336 e. The van der Waals surface area contributed by atoms with Crippen LogP contribution in [0.3, 0.4) is 0 Å². The first-order chi connectivity index (χ1) is 13.7. The number of nitrogens with zero attached hydrogens (tertiary/aromatic N) is 5. The average Bonchev–Trinajstić information content (AvgIpc) is 3.24. The summed E-state index contributed by atoms with van der Waals surface area (Å²) >= 11 is 0. The molecule has 2 aromatic carbocycles. The van der Waals surface area contributed by atoms with E-state index in [1.54, 1.807) is 24.4 Å². The molecule has 0 atom stereocenters. The number of nitriles is 1. The standard InChI is InChI=1S/C21H13N5O2/c22-11-16-10-15(18-12-23-9-8-17(18)21(27)28)6-7-20(16)26-13-19(24-25-26)14-4-2-1-3-5-14/h1-10,12-13H,(H,27,28). The van der Waals surface area contributed by atoms with Crippen molar-refractivity contribution in [3.8, 4) is 34.1 Å². The fraction of sp³-hybridized carbons (Fsp3) is 0. The van der Waals surface area contributed by atoms with Gasteiger partial charge in [0, 0.05) is 23.5 Å². The van der Waals surface area contributed by atoms with Crippen LogP contribution in [0.1, 0.15) is 15.9 Å². The van der Waals surface area contributed by atoms with Gasteiger partial charge >= 0.3 is 5.97 Å². The summed E-state index contributed by atoms with van der Waals surface area (Å²) in [5.74, 6) is -1.05. The second-order valence-electron chi connectivity index (χ2n) is 5.98. The highest BCUT2D eigenvalue weighted by Gasteiger charge is 2.15. The second-order valence-corrected chi connectivity index (χ2v) is 5.98. The van der Waals surface area contributed by atoms with Crippen LogP contribution in [0.5, 0.6) is 0 Å². The Morgan fingerprint density at radius 2 is 1.89 bits per heavy atom. The summed E-state index contributed by atoms with van der Waals surface area (Å²) in [6.07, 6.45) is 4.65. The highest BCUT2D eigenvalue weighted by Crippen LogP contribution is 2.27. The third kappa shape index (κ3) is 3.10. The van der Waals surface area contributed by atoms with Crippen molar-refractivity contribution in [2.24, 2.45) is 0 Å². The molecule has 2 aromatic heterocycles. The summed E-state index contributed by atoms with van der Waals surface area (Å²) in [6.45, 7) is 0. The fourth-order valence-electron chi connectivity index (χ4n) is 2.93. The molecule has 7 nitrogen and oxygen atoms in total. The van der Waals surface area contributed by atoms with Crippen LogP contribution in [-0.2, 0) is 0 Å². The number of carbonyl (C=O) groups is 1. The SMILES string of the molecule is N#Cc1cc(-c2cnccc2C(=O)O)ccc1-n1cc(-c2ccccc2)nn1. The van der Waals surface area contributed by atoms with Gasteiger partial charge in [-0.05, 0) is 23.8 Å². The quantitative estimate of drug-likeness (QED) is 0.591. The zero-order valence-electron chi connectivity index (χ0n) is 14.5. The second kappa shape index (κ2) is 7.13. The molecule has 134 valence electrons. The minimum atomic E-state index is -1.05. The molecule has 2 heterocycles. The van der Waals surface area contributed by atoms with E-state index >= 15 is 0 Å². The van der Waals surface area contributed by atoms with Crippen LogP contribution in [0, 0.1) is 11.3 Å². The number of carboxylic acids is 1. The molecule has 4 aromatic rings. The van der Waals surface area contributed by atoms with Gasteiger partial charge in [0.25, 0.3) is 0 Å². The summed E-state index contributed by atoms with van der Waals surface area (Å²) in [5, 5.41) is 27.3. The van der Waals surface area contributed by atoms with Gasteiger partial charge in [-0.25, -0.2) is 9.48 Å². The van der Waals surface area contributed by atoms with Gasteiger partial charge in [-0.15, -0.1) is 5.10 Å². The Morgan fingerprint density at radius 1 is 1.07 bits per heavy atom. The van der Waals surface area contributed by atoms with Crippen molar-refractivity contribution < 1.29 is 9.90 Å². The molecule has 0 amide bonds. The average molecular weight is 367 g/mol. The maximum atomic E-state index is 11.5. The number of pyridine rings is 1. The van der Waals surface area contributed by atoms with Crippen molar-refractivity contribution >= 4 is 5.97 Å². The third-order valence-electron chi connectivity index (χ3n) is 4.29. The van der Waals surface area contributed by atoms with Gasteiger partial charge in [0.15, 0.2) is 0 Å². The van der Waals surface area contributed by atoms with Crippen LogP contribution in [-0.4, -0.2) is 31.1 Å². The summed E-state index contributed by atoms with van der Waals surface area (Å²) in [7, 11) is 0. The van der Waals surface area contributed by atoms with Crippen LogP contribution in [0.15, 0.2) is 73.2 Å². The topological polar surface area (TPSA) is 105 Å². The van der Waals surface area contributed by atoms with Crippen LogP contribution in [0.25, 0.3) is 28.1 Å². The Labute approximate surface area is 160 Å². The van der Waals surface area contributed by atoms with E-state index in [-0.39, 0.29) is 5.56 Å². The van der Waals surface area contributed by atoms with Crippen LogP contribution >= 0.6 is 0 Å². The van der Waals surface area contributed by atoms with Crippen molar-refractivity contribution in [2.75, 3.05) is 0 Å². The van der Waals surface area contributed by atoms with E-state index in [1.165, 1.54) is 23.1 Å². The molecule has 0 saturated carbocycles. The van der Waals surface area contributed by atoms with E-state index in [2.05, 4.69) is 21.4 Å². The van der Waals surface area contributed by atoms with E-state index < -0.39 is 5.97 Å². The lowest BCUT2D eigenvalue weighted by Crippen LogP contribution is -2.02. The number of hydrogen-bond donors (Lipinski definition) is 1. The Balaban J connectivity index is 1.77. The molecular weight excluding hydrogens is 354 g/mol. The minimum absolute atomic E-state index is 0.124. The molecule has 0 aliphatic carbocycles.